The Hall–Kier alpha value is -1.76. The molecule has 1 saturated heterocycles. The predicted octanol–water partition coefficient (Wildman–Crippen LogP) is 2.69. The number of rotatable bonds is 2. The highest BCUT2D eigenvalue weighted by Crippen LogP contribution is 2.34. The Bertz CT molecular complexity index is 685. The van der Waals surface area contributed by atoms with Crippen molar-refractivity contribution in [3.05, 3.63) is 27.3 Å². The molecule has 0 saturated carbocycles. The minimum Gasteiger partial charge on any atom is -0.337 e. The molecule has 1 aliphatic carbocycles. The lowest BCUT2D eigenvalue weighted by molar-refractivity contribution is 0.0709. The second kappa shape index (κ2) is 5.46. The van der Waals surface area contributed by atoms with Crippen molar-refractivity contribution in [3.63, 3.8) is 0 Å². The Balaban J connectivity index is 1.60. The van der Waals surface area contributed by atoms with Gasteiger partial charge in [0.1, 0.15) is 6.04 Å². The van der Waals surface area contributed by atoms with Gasteiger partial charge < -0.3 is 9.42 Å². The van der Waals surface area contributed by atoms with E-state index in [1.54, 1.807) is 18.3 Å². The van der Waals surface area contributed by atoms with Crippen molar-refractivity contribution < 1.29 is 9.32 Å². The first-order chi connectivity index (χ1) is 10.7. The molecule has 1 aliphatic heterocycles. The van der Waals surface area contributed by atoms with E-state index in [1.165, 1.54) is 17.7 Å². The molecule has 4 rings (SSSR count). The number of thiazole rings is 1. The molecule has 116 valence electrons. The van der Waals surface area contributed by atoms with Crippen LogP contribution in [-0.4, -0.2) is 32.5 Å². The third kappa shape index (κ3) is 2.33. The molecular weight excluding hydrogens is 300 g/mol. The molecule has 7 heteroatoms. The summed E-state index contributed by atoms with van der Waals surface area (Å²) >= 11 is 1.56. The van der Waals surface area contributed by atoms with Crippen LogP contribution in [0.15, 0.2) is 4.52 Å². The average molecular weight is 318 g/mol. The van der Waals surface area contributed by atoms with Crippen LogP contribution >= 0.6 is 11.3 Å². The van der Waals surface area contributed by atoms with Gasteiger partial charge in [-0.2, -0.15) is 4.98 Å². The summed E-state index contributed by atoms with van der Waals surface area (Å²) in [7, 11) is 0. The highest BCUT2D eigenvalue weighted by atomic mass is 32.1. The van der Waals surface area contributed by atoms with Crippen molar-refractivity contribution in [1.82, 2.24) is 20.0 Å². The second-order valence-corrected chi connectivity index (χ2v) is 7.02. The molecule has 2 aromatic rings. The van der Waals surface area contributed by atoms with Crippen molar-refractivity contribution in [2.45, 2.75) is 51.5 Å². The number of amides is 1. The van der Waals surface area contributed by atoms with Crippen LogP contribution in [-0.2, 0) is 12.8 Å². The molecule has 0 aromatic carbocycles. The SMILES string of the molecule is Cc1noc([C@@H]2CCCN2C(=O)c2nc3c(s2)CCCC3)n1. The van der Waals surface area contributed by atoms with Crippen LogP contribution in [0.2, 0.25) is 0 Å². The Morgan fingerprint density at radius 2 is 2.14 bits per heavy atom. The maximum atomic E-state index is 12.8. The van der Waals surface area contributed by atoms with E-state index < -0.39 is 0 Å². The minimum atomic E-state index is -0.102. The van der Waals surface area contributed by atoms with E-state index in [-0.39, 0.29) is 11.9 Å². The number of fused-ring (bicyclic) bond motifs is 1. The van der Waals surface area contributed by atoms with E-state index in [1.807, 2.05) is 4.90 Å². The predicted molar refractivity (Wildman–Crippen MR) is 80.8 cm³/mol. The number of aromatic nitrogens is 3. The van der Waals surface area contributed by atoms with Gasteiger partial charge in [0.25, 0.3) is 5.91 Å². The number of carbonyl (C=O) groups excluding carboxylic acids is 1. The summed E-state index contributed by atoms with van der Waals surface area (Å²) in [6.45, 7) is 2.53. The highest BCUT2D eigenvalue weighted by molar-refractivity contribution is 7.13. The van der Waals surface area contributed by atoms with Gasteiger partial charge in [0.05, 0.1) is 5.69 Å². The quantitative estimate of drug-likeness (QED) is 0.851. The van der Waals surface area contributed by atoms with Crippen molar-refractivity contribution in [2.24, 2.45) is 0 Å². The molecule has 0 spiro atoms. The van der Waals surface area contributed by atoms with Gasteiger partial charge in [-0.05, 0) is 45.4 Å². The van der Waals surface area contributed by atoms with E-state index in [0.29, 0.717) is 16.7 Å². The van der Waals surface area contributed by atoms with Crippen LogP contribution in [0.25, 0.3) is 0 Å². The number of hydrogen-bond donors (Lipinski definition) is 0. The number of aryl methyl sites for hydroxylation is 3. The zero-order chi connectivity index (χ0) is 15.1. The van der Waals surface area contributed by atoms with Crippen molar-refractivity contribution in [1.29, 1.82) is 0 Å². The zero-order valence-electron chi connectivity index (χ0n) is 12.5. The fraction of sp³-hybridized carbons (Fsp3) is 0.600. The molecule has 3 heterocycles. The molecule has 0 N–H and O–H groups in total. The van der Waals surface area contributed by atoms with Crippen molar-refractivity contribution in [2.75, 3.05) is 6.54 Å². The first kappa shape index (κ1) is 13.9. The third-order valence-electron chi connectivity index (χ3n) is 4.37. The highest BCUT2D eigenvalue weighted by Gasteiger charge is 2.36. The zero-order valence-corrected chi connectivity index (χ0v) is 13.4. The average Bonchev–Trinajstić information content (AvgIpc) is 3.24. The molecule has 6 nitrogen and oxygen atoms in total. The molecule has 0 bridgehead atoms. The van der Waals surface area contributed by atoms with Crippen molar-refractivity contribution >= 4 is 17.2 Å². The Labute approximate surface area is 132 Å². The number of carbonyl (C=O) groups is 1. The summed E-state index contributed by atoms with van der Waals surface area (Å²) in [5, 5.41) is 4.46. The molecule has 2 aromatic heterocycles. The summed E-state index contributed by atoms with van der Waals surface area (Å²) in [5.74, 6) is 1.17. The third-order valence-corrected chi connectivity index (χ3v) is 5.52. The van der Waals surface area contributed by atoms with Gasteiger partial charge in [0.15, 0.2) is 10.8 Å². The molecular formula is C15H18N4O2S. The molecule has 0 radical (unpaired) electrons. The molecule has 22 heavy (non-hydrogen) atoms. The number of hydrogen-bond acceptors (Lipinski definition) is 6. The number of likely N-dealkylation sites (tertiary alicyclic amines) is 1. The molecule has 1 atom stereocenters. The van der Waals surface area contributed by atoms with Gasteiger partial charge in [-0.1, -0.05) is 5.16 Å². The van der Waals surface area contributed by atoms with Gasteiger partial charge in [0, 0.05) is 11.4 Å². The van der Waals surface area contributed by atoms with Gasteiger partial charge in [-0.15, -0.1) is 11.3 Å². The van der Waals surface area contributed by atoms with Gasteiger partial charge in [-0.25, -0.2) is 4.98 Å². The Morgan fingerprint density at radius 1 is 1.27 bits per heavy atom. The summed E-state index contributed by atoms with van der Waals surface area (Å²) in [6, 6.07) is -0.102. The molecule has 1 fully saturated rings. The van der Waals surface area contributed by atoms with Crippen LogP contribution in [0.3, 0.4) is 0 Å². The first-order valence-corrected chi connectivity index (χ1v) is 8.64. The fourth-order valence-electron chi connectivity index (χ4n) is 3.28. The monoisotopic (exact) mass is 318 g/mol. The maximum absolute atomic E-state index is 12.8. The van der Waals surface area contributed by atoms with E-state index >= 15 is 0 Å². The number of nitrogens with zero attached hydrogens (tertiary/aromatic N) is 4. The standard InChI is InChI=1S/C15H18N4O2S/c1-9-16-13(21-18-9)11-6-4-8-19(11)15(20)14-17-10-5-2-3-7-12(10)22-14/h11H,2-8H2,1H3/t11-/m0/s1. The smallest absolute Gasteiger partial charge is 0.283 e. The van der Waals surface area contributed by atoms with E-state index in [2.05, 4.69) is 15.1 Å². The Morgan fingerprint density at radius 3 is 2.91 bits per heavy atom. The van der Waals surface area contributed by atoms with Gasteiger partial charge >= 0.3 is 0 Å². The molecule has 1 amide bonds. The maximum Gasteiger partial charge on any atom is 0.283 e. The lowest BCUT2D eigenvalue weighted by Crippen LogP contribution is -2.30. The van der Waals surface area contributed by atoms with Crippen LogP contribution in [0, 0.1) is 6.92 Å². The lowest BCUT2D eigenvalue weighted by atomic mass is 10.0. The van der Waals surface area contributed by atoms with E-state index in [9.17, 15) is 4.79 Å². The second-order valence-electron chi connectivity index (χ2n) is 5.93. The van der Waals surface area contributed by atoms with E-state index in [4.69, 9.17) is 4.52 Å². The Kier molecular flexibility index (Phi) is 3.44. The van der Waals surface area contributed by atoms with Gasteiger partial charge in [0.2, 0.25) is 5.89 Å². The molecule has 2 aliphatic rings. The minimum absolute atomic E-state index is 0.0118. The van der Waals surface area contributed by atoms with Crippen LogP contribution < -0.4 is 0 Å². The lowest BCUT2D eigenvalue weighted by Gasteiger charge is -2.20. The fourth-order valence-corrected chi connectivity index (χ4v) is 4.39. The topological polar surface area (TPSA) is 72.1 Å². The summed E-state index contributed by atoms with van der Waals surface area (Å²) in [4.78, 5) is 24.9. The van der Waals surface area contributed by atoms with E-state index in [0.717, 1.165) is 37.9 Å². The summed E-state index contributed by atoms with van der Waals surface area (Å²) in [5.41, 5.74) is 1.13. The largest absolute Gasteiger partial charge is 0.337 e. The van der Waals surface area contributed by atoms with Crippen molar-refractivity contribution in [3.8, 4) is 0 Å². The first-order valence-electron chi connectivity index (χ1n) is 7.82. The summed E-state index contributed by atoms with van der Waals surface area (Å²) in [6.07, 6.45) is 6.29. The van der Waals surface area contributed by atoms with Crippen LogP contribution in [0.1, 0.15) is 63.8 Å². The summed E-state index contributed by atoms with van der Waals surface area (Å²) < 4.78 is 5.27. The van der Waals surface area contributed by atoms with Crippen LogP contribution in [0.5, 0.6) is 0 Å². The normalized spacial score (nSPS) is 21.1. The van der Waals surface area contributed by atoms with Crippen LogP contribution in [0.4, 0.5) is 0 Å². The van der Waals surface area contributed by atoms with Gasteiger partial charge in [-0.3, -0.25) is 4.79 Å². The molecule has 0 unspecified atom stereocenters.